The Morgan fingerprint density at radius 2 is 2.11 bits per heavy atom. The van der Waals surface area contributed by atoms with Gasteiger partial charge in [-0.15, -0.1) is 0 Å². The molecule has 0 aromatic rings. The van der Waals surface area contributed by atoms with Gasteiger partial charge in [0.2, 0.25) is 0 Å². The van der Waals surface area contributed by atoms with E-state index in [2.05, 4.69) is 5.32 Å². The van der Waals surface area contributed by atoms with E-state index in [1.807, 2.05) is 0 Å². The summed E-state index contributed by atoms with van der Waals surface area (Å²) in [4.78, 5) is 12.9. The predicted molar refractivity (Wildman–Crippen MR) is 63.8 cm³/mol. The van der Waals surface area contributed by atoms with Crippen LogP contribution in [0.1, 0.15) is 27.2 Å². The summed E-state index contributed by atoms with van der Waals surface area (Å²) < 4.78 is 19.3. The molecule has 1 amide bonds. The molecule has 0 aromatic heterocycles. The number of alkyl halides is 1. The highest BCUT2D eigenvalue weighted by atomic mass is 19.1. The SMILES string of the molecule is CC(C)(C)OC(=O)N1CCC2(CNC2)C(F)C1O. The number of aliphatic hydroxyl groups excluding tert-OH is 1. The van der Waals surface area contributed by atoms with Crippen molar-refractivity contribution in [2.75, 3.05) is 19.6 Å². The van der Waals surface area contributed by atoms with Crippen LogP contribution in [0.3, 0.4) is 0 Å². The van der Waals surface area contributed by atoms with Gasteiger partial charge < -0.3 is 15.2 Å². The molecule has 0 aliphatic carbocycles. The van der Waals surface area contributed by atoms with Gasteiger partial charge >= 0.3 is 6.09 Å². The lowest BCUT2D eigenvalue weighted by molar-refractivity contribution is -0.145. The normalized spacial score (nSPS) is 31.1. The van der Waals surface area contributed by atoms with Crippen LogP contribution in [0.25, 0.3) is 0 Å². The van der Waals surface area contributed by atoms with Gasteiger partial charge in [-0.2, -0.15) is 0 Å². The Bertz CT molecular complexity index is 339. The summed E-state index contributed by atoms with van der Waals surface area (Å²) in [5.74, 6) is 0. The quantitative estimate of drug-likeness (QED) is 0.678. The molecule has 0 radical (unpaired) electrons. The van der Waals surface area contributed by atoms with E-state index in [9.17, 15) is 14.3 Å². The first-order valence-corrected chi connectivity index (χ1v) is 6.28. The molecule has 104 valence electrons. The van der Waals surface area contributed by atoms with E-state index in [0.29, 0.717) is 26.1 Å². The molecule has 0 aromatic carbocycles. The minimum absolute atomic E-state index is 0.332. The minimum Gasteiger partial charge on any atom is -0.444 e. The number of aliphatic hydroxyl groups is 1. The summed E-state index contributed by atoms with van der Waals surface area (Å²) in [6.07, 6.45) is -2.92. The average Bonchev–Trinajstić information content (AvgIpc) is 2.16. The molecule has 2 unspecified atom stereocenters. The molecule has 6 heteroatoms. The minimum atomic E-state index is -1.42. The first-order chi connectivity index (χ1) is 8.25. The van der Waals surface area contributed by atoms with E-state index >= 15 is 0 Å². The highest BCUT2D eigenvalue weighted by molar-refractivity contribution is 5.68. The van der Waals surface area contributed by atoms with Crippen LogP contribution in [0.2, 0.25) is 0 Å². The maximum atomic E-state index is 14.2. The van der Waals surface area contributed by atoms with Gasteiger partial charge in [-0.25, -0.2) is 9.18 Å². The van der Waals surface area contributed by atoms with E-state index in [1.54, 1.807) is 20.8 Å². The largest absolute Gasteiger partial charge is 0.444 e. The van der Waals surface area contributed by atoms with Gasteiger partial charge in [0.05, 0.1) is 0 Å². The number of hydrogen-bond acceptors (Lipinski definition) is 4. The van der Waals surface area contributed by atoms with Crippen molar-refractivity contribution in [2.45, 2.75) is 45.2 Å². The smallest absolute Gasteiger partial charge is 0.412 e. The van der Waals surface area contributed by atoms with Gasteiger partial charge in [-0.3, -0.25) is 4.90 Å². The lowest BCUT2D eigenvalue weighted by Crippen LogP contribution is -2.68. The Balaban J connectivity index is 2.01. The second kappa shape index (κ2) is 4.35. The maximum absolute atomic E-state index is 14.2. The van der Waals surface area contributed by atoms with Gasteiger partial charge in [0.1, 0.15) is 5.60 Å². The fraction of sp³-hybridized carbons (Fsp3) is 0.917. The van der Waals surface area contributed by atoms with Crippen LogP contribution in [0.5, 0.6) is 0 Å². The molecule has 2 saturated heterocycles. The van der Waals surface area contributed by atoms with Gasteiger partial charge in [0.15, 0.2) is 12.4 Å². The van der Waals surface area contributed by atoms with Crippen LogP contribution in [0.15, 0.2) is 0 Å². The Morgan fingerprint density at radius 1 is 1.50 bits per heavy atom. The molecule has 0 bridgehead atoms. The first kappa shape index (κ1) is 13.5. The number of amides is 1. The molecule has 5 nitrogen and oxygen atoms in total. The Hall–Kier alpha value is -0.880. The lowest BCUT2D eigenvalue weighted by Gasteiger charge is -2.52. The zero-order valence-electron chi connectivity index (χ0n) is 11.1. The number of carbonyl (C=O) groups excluding carboxylic acids is 1. The summed E-state index contributed by atoms with van der Waals surface area (Å²) >= 11 is 0. The number of nitrogens with one attached hydrogen (secondary N) is 1. The topological polar surface area (TPSA) is 61.8 Å². The number of carbonyl (C=O) groups is 1. The van der Waals surface area contributed by atoms with Crippen LogP contribution in [-0.2, 0) is 4.74 Å². The molecule has 2 rings (SSSR count). The Labute approximate surface area is 106 Å². The third-order valence-electron chi connectivity index (χ3n) is 3.60. The van der Waals surface area contributed by atoms with Crippen molar-refractivity contribution in [2.24, 2.45) is 5.41 Å². The van der Waals surface area contributed by atoms with E-state index in [4.69, 9.17) is 4.74 Å². The Morgan fingerprint density at radius 3 is 2.56 bits per heavy atom. The van der Waals surface area contributed by atoms with E-state index < -0.39 is 29.5 Å². The van der Waals surface area contributed by atoms with Crippen LogP contribution in [0, 0.1) is 5.41 Å². The molecule has 2 aliphatic rings. The number of ether oxygens (including phenoxy) is 1. The highest BCUT2D eigenvalue weighted by Crippen LogP contribution is 2.40. The molecular formula is C12H21FN2O3. The number of piperidine rings is 1. The average molecular weight is 260 g/mol. The zero-order chi connectivity index (χ0) is 13.6. The third-order valence-corrected chi connectivity index (χ3v) is 3.60. The van der Waals surface area contributed by atoms with Crippen molar-refractivity contribution in [3.8, 4) is 0 Å². The predicted octanol–water partition coefficient (Wildman–Crippen LogP) is 0.873. The number of likely N-dealkylation sites (tertiary alicyclic amines) is 1. The number of hydrogen-bond donors (Lipinski definition) is 2. The maximum Gasteiger partial charge on any atom is 0.412 e. The summed E-state index contributed by atoms with van der Waals surface area (Å²) in [6.45, 7) is 6.68. The summed E-state index contributed by atoms with van der Waals surface area (Å²) in [7, 11) is 0. The molecular weight excluding hydrogens is 239 g/mol. The van der Waals surface area contributed by atoms with Crippen molar-refractivity contribution in [1.82, 2.24) is 10.2 Å². The summed E-state index contributed by atoms with van der Waals surface area (Å²) in [5, 5.41) is 12.9. The van der Waals surface area contributed by atoms with E-state index in [1.165, 1.54) is 0 Å². The van der Waals surface area contributed by atoms with Crippen LogP contribution in [0.4, 0.5) is 9.18 Å². The van der Waals surface area contributed by atoms with Gasteiger partial charge in [-0.1, -0.05) is 0 Å². The fourth-order valence-electron chi connectivity index (χ4n) is 2.43. The van der Waals surface area contributed by atoms with Crippen molar-refractivity contribution in [1.29, 1.82) is 0 Å². The number of rotatable bonds is 0. The molecule has 2 fully saturated rings. The highest BCUT2D eigenvalue weighted by Gasteiger charge is 2.53. The van der Waals surface area contributed by atoms with Gasteiger partial charge in [0, 0.05) is 25.0 Å². The lowest BCUT2D eigenvalue weighted by atomic mass is 9.71. The first-order valence-electron chi connectivity index (χ1n) is 6.28. The number of nitrogens with zero attached hydrogens (tertiary/aromatic N) is 1. The van der Waals surface area contributed by atoms with Crippen LogP contribution < -0.4 is 5.32 Å². The van der Waals surface area contributed by atoms with E-state index in [-0.39, 0.29) is 0 Å². The van der Waals surface area contributed by atoms with Crippen LogP contribution in [-0.4, -0.2) is 53.7 Å². The molecule has 2 N–H and O–H groups in total. The van der Waals surface area contributed by atoms with E-state index in [0.717, 1.165) is 4.90 Å². The van der Waals surface area contributed by atoms with Crippen LogP contribution >= 0.6 is 0 Å². The third kappa shape index (κ3) is 2.31. The van der Waals surface area contributed by atoms with Crippen molar-refractivity contribution in [3.63, 3.8) is 0 Å². The molecule has 18 heavy (non-hydrogen) atoms. The van der Waals surface area contributed by atoms with Crippen molar-refractivity contribution < 1.29 is 19.0 Å². The number of halogens is 1. The van der Waals surface area contributed by atoms with Crippen molar-refractivity contribution in [3.05, 3.63) is 0 Å². The standard InChI is InChI=1S/C12H21FN2O3/c1-11(2,3)18-10(17)15-5-4-12(6-14-7-12)8(13)9(15)16/h8-9,14,16H,4-7H2,1-3H3. The molecule has 2 atom stereocenters. The van der Waals surface area contributed by atoms with Crippen molar-refractivity contribution >= 4 is 6.09 Å². The molecule has 1 spiro atoms. The monoisotopic (exact) mass is 260 g/mol. The second-order valence-corrected chi connectivity index (χ2v) is 6.21. The fourth-order valence-corrected chi connectivity index (χ4v) is 2.43. The summed E-state index contributed by atoms with van der Waals surface area (Å²) in [6, 6.07) is 0. The molecule has 0 saturated carbocycles. The Kier molecular flexibility index (Phi) is 3.27. The summed E-state index contributed by atoms with van der Waals surface area (Å²) in [5.41, 5.74) is -1.15. The molecule has 2 heterocycles. The van der Waals surface area contributed by atoms with Gasteiger partial charge in [-0.05, 0) is 27.2 Å². The van der Waals surface area contributed by atoms with Gasteiger partial charge in [0.25, 0.3) is 0 Å². The molecule has 2 aliphatic heterocycles. The second-order valence-electron chi connectivity index (χ2n) is 6.21. The zero-order valence-corrected chi connectivity index (χ0v) is 11.1.